The summed E-state index contributed by atoms with van der Waals surface area (Å²) in [6.45, 7) is 0. The average molecular weight is 291 g/mol. The van der Waals surface area contributed by atoms with Gasteiger partial charge in [-0.3, -0.25) is 0 Å². The van der Waals surface area contributed by atoms with Crippen LogP contribution in [0.4, 0.5) is 0 Å². The summed E-state index contributed by atoms with van der Waals surface area (Å²) in [5.41, 5.74) is 0.656. The molecule has 3 nitrogen and oxygen atoms in total. The van der Waals surface area contributed by atoms with E-state index < -0.39 is 12.2 Å². The Balaban J connectivity index is 3.12. The van der Waals surface area contributed by atoms with Gasteiger partial charge in [-0.1, -0.05) is 27.5 Å². The van der Waals surface area contributed by atoms with Crippen LogP contribution in [0.2, 0.25) is 5.02 Å². The number of aliphatic hydroxyl groups excluding tert-OH is 2. The first kappa shape index (κ1) is 12.5. The van der Waals surface area contributed by atoms with Gasteiger partial charge in [-0.25, -0.2) is 0 Å². The molecule has 0 aliphatic heterocycles. The average Bonchev–Trinajstić information content (AvgIpc) is 2.27. The van der Waals surface area contributed by atoms with Crippen LogP contribution in [0.25, 0.3) is 0 Å². The summed E-state index contributed by atoms with van der Waals surface area (Å²) >= 11 is 8.80. The molecule has 0 saturated carbocycles. The molecule has 2 atom stereocenters. The Morgan fingerprint density at radius 1 is 1.47 bits per heavy atom. The normalized spacial score (nSPS) is 14.3. The summed E-state index contributed by atoms with van der Waals surface area (Å²) in [4.78, 5) is 0. The van der Waals surface area contributed by atoms with Crippen molar-refractivity contribution in [2.24, 2.45) is 0 Å². The molecule has 1 aromatic rings. The molecule has 2 N–H and O–H groups in total. The minimum absolute atomic E-state index is 0.228. The van der Waals surface area contributed by atoms with Crippen molar-refractivity contribution >= 4 is 27.5 Å². The maximum Gasteiger partial charge on any atom is 0.107 e. The van der Waals surface area contributed by atoms with Crippen LogP contribution in [-0.4, -0.2) is 21.6 Å². The van der Waals surface area contributed by atoms with Crippen molar-refractivity contribution in [1.29, 1.82) is 5.26 Å². The van der Waals surface area contributed by atoms with Crippen LogP contribution in [0.3, 0.4) is 0 Å². The highest BCUT2D eigenvalue weighted by Crippen LogP contribution is 2.25. The number of hydrogen-bond acceptors (Lipinski definition) is 3. The van der Waals surface area contributed by atoms with E-state index in [0.717, 1.165) is 0 Å². The lowest BCUT2D eigenvalue weighted by molar-refractivity contribution is 0.0341. The number of nitrogens with zero attached hydrogens (tertiary/aromatic N) is 1. The zero-order valence-corrected chi connectivity index (χ0v) is 10.0. The Labute approximate surface area is 101 Å². The maximum absolute atomic E-state index is 9.74. The number of hydrogen-bond donors (Lipinski definition) is 2. The molecule has 0 amide bonds. The molecule has 15 heavy (non-hydrogen) atoms. The molecule has 0 bridgehead atoms. The lowest BCUT2D eigenvalue weighted by Crippen LogP contribution is -2.20. The van der Waals surface area contributed by atoms with Crippen molar-refractivity contribution < 1.29 is 10.2 Å². The van der Waals surface area contributed by atoms with Crippen LogP contribution in [0.15, 0.2) is 18.2 Å². The highest BCUT2D eigenvalue weighted by atomic mass is 79.9. The fourth-order valence-corrected chi connectivity index (χ4v) is 1.71. The van der Waals surface area contributed by atoms with E-state index in [9.17, 15) is 10.2 Å². The van der Waals surface area contributed by atoms with E-state index in [1.807, 2.05) is 6.07 Å². The maximum atomic E-state index is 9.74. The van der Waals surface area contributed by atoms with Crippen molar-refractivity contribution in [3.63, 3.8) is 0 Å². The van der Waals surface area contributed by atoms with Crippen LogP contribution < -0.4 is 0 Å². The van der Waals surface area contributed by atoms with Gasteiger partial charge >= 0.3 is 0 Å². The van der Waals surface area contributed by atoms with E-state index in [0.29, 0.717) is 16.1 Å². The number of benzene rings is 1. The third-order valence-corrected chi connectivity index (χ3v) is 2.87. The third kappa shape index (κ3) is 2.93. The first-order chi connectivity index (χ1) is 7.10. The molecule has 1 aromatic carbocycles. The monoisotopic (exact) mass is 289 g/mol. The number of aliphatic hydroxyl groups is 2. The minimum atomic E-state index is -1.11. The van der Waals surface area contributed by atoms with Gasteiger partial charge in [0.25, 0.3) is 0 Å². The second-order valence-corrected chi connectivity index (χ2v) is 4.09. The molecule has 0 spiro atoms. The second kappa shape index (κ2) is 5.47. The Bertz CT molecular complexity index is 391. The lowest BCUT2D eigenvalue weighted by atomic mass is 10.00. The van der Waals surface area contributed by atoms with Crippen molar-refractivity contribution in [1.82, 2.24) is 0 Å². The van der Waals surface area contributed by atoms with Crippen LogP contribution >= 0.6 is 27.5 Å². The molecule has 0 radical (unpaired) electrons. The minimum Gasteiger partial charge on any atom is -0.389 e. The summed E-state index contributed by atoms with van der Waals surface area (Å²) < 4.78 is 0. The van der Waals surface area contributed by atoms with Crippen LogP contribution in [-0.2, 0) is 0 Å². The third-order valence-electron chi connectivity index (χ3n) is 1.98. The molecule has 0 saturated heterocycles. The van der Waals surface area contributed by atoms with Gasteiger partial charge in [0.2, 0.25) is 0 Å². The zero-order chi connectivity index (χ0) is 11.4. The van der Waals surface area contributed by atoms with Crippen molar-refractivity contribution in [3.8, 4) is 6.07 Å². The molecule has 0 aliphatic carbocycles. The van der Waals surface area contributed by atoms with Gasteiger partial charge < -0.3 is 10.2 Å². The number of nitriles is 1. The molecule has 0 fully saturated rings. The summed E-state index contributed by atoms with van der Waals surface area (Å²) in [7, 11) is 0. The summed E-state index contributed by atoms with van der Waals surface area (Å²) in [5.74, 6) is 0. The molecule has 2 unspecified atom stereocenters. The Kier molecular flexibility index (Phi) is 4.55. The number of alkyl halides is 1. The van der Waals surface area contributed by atoms with E-state index in [1.54, 1.807) is 6.07 Å². The SMILES string of the molecule is N#Cc1ccc(Cl)cc1C(O)C(O)CBr. The van der Waals surface area contributed by atoms with Gasteiger partial charge in [-0.05, 0) is 18.2 Å². The van der Waals surface area contributed by atoms with Crippen molar-refractivity contribution in [2.45, 2.75) is 12.2 Å². The summed E-state index contributed by atoms with van der Waals surface area (Å²) in [6.07, 6.45) is -2.08. The quantitative estimate of drug-likeness (QED) is 0.837. The molecule has 1 rings (SSSR count). The predicted molar refractivity (Wildman–Crippen MR) is 60.9 cm³/mol. The van der Waals surface area contributed by atoms with Gasteiger partial charge in [0, 0.05) is 15.9 Å². The van der Waals surface area contributed by atoms with Gasteiger partial charge in [0.05, 0.1) is 17.7 Å². The first-order valence-corrected chi connectivity index (χ1v) is 5.71. The highest BCUT2D eigenvalue weighted by Gasteiger charge is 2.20. The standard InChI is InChI=1S/C10H9BrClNO2/c11-4-9(14)10(15)8-3-7(12)2-1-6(8)5-13/h1-3,9-10,14-15H,4H2. The fourth-order valence-electron chi connectivity index (χ4n) is 1.17. The van der Waals surface area contributed by atoms with E-state index >= 15 is 0 Å². The van der Waals surface area contributed by atoms with Gasteiger partial charge in [0.15, 0.2) is 0 Å². The lowest BCUT2D eigenvalue weighted by Gasteiger charge is -2.17. The topological polar surface area (TPSA) is 64.2 Å². The first-order valence-electron chi connectivity index (χ1n) is 4.21. The van der Waals surface area contributed by atoms with E-state index in [2.05, 4.69) is 15.9 Å². The number of halogens is 2. The van der Waals surface area contributed by atoms with Crippen molar-refractivity contribution in [3.05, 3.63) is 34.3 Å². The van der Waals surface area contributed by atoms with Crippen LogP contribution in [0.5, 0.6) is 0 Å². The molecular formula is C10H9BrClNO2. The van der Waals surface area contributed by atoms with Crippen LogP contribution in [0, 0.1) is 11.3 Å². The fraction of sp³-hybridized carbons (Fsp3) is 0.300. The van der Waals surface area contributed by atoms with Crippen LogP contribution in [0.1, 0.15) is 17.2 Å². The molecule has 0 heterocycles. The van der Waals surface area contributed by atoms with Gasteiger partial charge in [0.1, 0.15) is 6.10 Å². The Hall–Kier alpha value is -0.600. The highest BCUT2D eigenvalue weighted by molar-refractivity contribution is 9.09. The van der Waals surface area contributed by atoms with E-state index in [-0.39, 0.29) is 5.33 Å². The number of rotatable bonds is 3. The predicted octanol–water partition coefficient (Wildman–Crippen LogP) is 2.00. The van der Waals surface area contributed by atoms with E-state index in [1.165, 1.54) is 12.1 Å². The second-order valence-electron chi connectivity index (χ2n) is 3.01. The molecule has 80 valence electrons. The summed E-state index contributed by atoms with van der Waals surface area (Å²) in [6, 6.07) is 6.50. The van der Waals surface area contributed by atoms with Gasteiger partial charge in [-0.15, -0.1) is 0 Å². The zero-order valence-electron chi connectivity index (χ0n) is 7.69. The summed E-state index contributed by atoms with van der Waals surface area (Å²) in [5, 5.41) is 28.6. The largest absolute Gasteiger partial charge is 0.389 e. The van der Waals surface area contributed by atoms with E-state index in [4.69, 9.17) is 16.9 Å². The molecule has 0 aliphatic rings. The Morgan fingerprint density at radius 2 is 2.13 bits per heavy atom. The Morgan fingerprint density at radius 3 is 2.67 bits per heavy atom. The van der Waals surface area contributed by atoms with Crippen molar-refractivity contribution in [2.75, 3.05) is 5.33 Å². The van der Waals surface area contributed by atoms with Gasteiger partial charge in [-0.2, -0.15) is 5.26 Å². The smallest absolute Gasteiger partial charge is 0.107 e. The molecule has 0 aromatic heterocycles. The molecule has 5 heteroatoms. The molecular weight excluding hydrogens is 281 g/mol.